The highest BCUT2D eigenvalue weighted by Gasteiger charge is 2.19. The third kappa shape index (κ3) is 9.27. The molecule has 208 valence electrons. The van der Waals surface area contributed by atoms with Gasteiger partial charge >= 0.3 is 5.97 Å². The van der Waals surface area contributed by atoms with E-state index in [4.69, 9.17) is 14.0 Å². The van der Waals surface area contributed by atoms with Gasteiger partial charge in [-0.1, -0.05) is 56.5 Å². The highest BCUT2D eigenvalue weighted by molar-refractivity contribution is 5.93. The standard InChI is InChI=1S/C29H35N3O7/c1-3-4-6-11-21(17-32-38-18-20-9-7-5-8-10-20)27(33)30-19-31-28(34)26-13-12-25(39-26)22-14-23(29(35)36)16-24(15-22)37-2/h5,7-10,12-16,21,32H,3-4,6,11,17-19H2,1-2H3,(H,30,33)(H,31,34)(H,35,36)/t21-/m1/s1. The molecular formula is C29H35N3O7. The first-order valence-electron chi connectivity index (χ1n) is 12.9. The van der Waals surface area contributed by atoms with Gasteiger partial charge in [0.1, 0.15) is 11.5 Å². The lowest BCUT2D eigenvalue weighted by atomic mass is 10.0. The molecule has 0 aliphatic rings. The summed E-state index contributed by atoms with van der Waals surface area (Å²) < 4.78 is 10.8. The maximum atomic E-state index is 12.8. The van der Waals surface area contributed by atoms with Crippen molar-refractivity contribution in [1.82, 2.24) is 16.1 Å². The van der Waals surface area contributed by atoms with Crippen molar-refractivity contribution >= 4 is 17.8 Å². The largest absolute Gasteiger partial charge is 0.497 e. The van der Waals surface area contributed by atoms with Crippen molar-refractivity contribution in [2.75, 3.05) is 20.3 Å². The molecule has 0 saturated heterocycles. The zero-order valence-electron chi connectivity index (χ0n) is 22.2. The van der Waals surface area contributed by atoms with Crippen molar-refractivity contribution in [1.29, 1.82) is 0 Å². The predicted octanol–water partition coefficient (Wildman–Crippen LogP) is 4.37. The van der Waals surface area contributed by atoms with Crippen LogP contribution in [-0.4, -0.2) is 43.2 Å². The summed E-state index contributed by atoms with van der Waals surface area (Å²) in [7, 11) is 1.43. The molecule has 2 aromatic carbocycles. The number of carboxylic acids is 1. The molecule has 2 amide bonds. The van der Waals surface area contributed by atoms with Crippen molar-refractivity contribution in [3.05, 3.63) is 77.6 Å². The Balaban J connectivity index is 1.51. The third-order valence-corrected chi connectivity index (χ3v) is 6.06. The van der Waals surface area contributed by atoms with Crippen LogP contribution in [-0.2, 0) is 16.2 Å². The average Bonchev–Trinajstić information content (AvgIpc) is 3.45. The number of hydrogen-bond donors (Lipinski definition) is 4. The van der Waals surface area contributed by atoms with E-state index in [1.807, 2.05) is 30.3 Å². The molecule has 0 bridgehead atoms. The molecule has 3 rings (SSSR count). The number of carbonyl (C=O) groups excluding carboxylic acids is 2. The number of amides is 2. The molecule has 39 heavy (non-hydrogen) atoms. The van der Waals surface area contributed by atoms with E-state index in [0.717, 1.165) is 24.8 Å². The summed E-state index contributed by atoms with van der Waals surface area (Å²) in [6.45, 7) is 2.76. The molecule has 10 nitrogen and oxygen atoms in total. The number of hydroxylamine groups is 1. The monoisotopic (exact) mass is 537 g/mol. The Morgan fingerprint density at radius 3 is 2.51 bits per heavy atom. The third-order valence-electron chi connectivity index (χ3n) is 6.06. The van der Waals surface area contributed by atoms with Crippen molar-refractivity contribution < 1.29 is 33.5 Å². The summed E-state index contributed by atoms with van der Waals surface area (Å²) in [5.74, 6) is -1.46. The molecule has 1 heterocycles. The first kappa shape index (κ1) is 29.4. The maximum Gasteiger partial charge on any atom is 0.335 e. The van der Waals surface area contributed by atoms with E-state index in [2.05, 4.69) is 23.0 Å². The first-order valence-corrected chi connectivity index (χ1v) is 12.9. The van der Waals surface area contributed by atoms with Gasteiger partial charge in [-0.25, -0.2) is 10.3 Å². The molecule has 0 aliphatic heterocycles. The first-order chi connectivity index (χ1) is 18.9. The van der Waals surface area contributed by atoms with Crippen LogP contribution in [0.25, 0.3) is 11.3 Å². The quantitative estimate of drug-likeness (QED) is 0.120. The van der Waals surface area contributed by atoms with Gasteiger partial charge in [-0.2, -0.15) is 0 Å². The number of hydrogen-bond acceptors (Lipinski definition) is 7. The van der Waals surface area contributed by atoms with Crippen molar-refractivity contribution in [2.45, 2.75) is 39.2 Å². The number of rotatable bonds is 16. The highest BCUT2D eigenvalue weighted by Crippen LogP contribution is 2.28. The lowest BCUT2D eigenvalue weighted by Crippen LogP contribution is -2.42. The summed E-state index contributed by atoms with van der Waals surface area (Å²) in [6, 6.07) is 17.2. The van der Waals surface area contributed by atoms with Crippen molar-refractivity contribution in [2.24, 2.45) is 5.92 Å². The molecule has 0 saturated carbocycles. The van der Waals surface area contributed by atoms with Gasteiger partial charge in [0.05, 0.1) is 31.9 Å². The van der Waals surface area contributed by atoms with Gasteiger partial charge in [-0.05, 0) is 42.3 Å². The lowest BCUT2D eigenvalue weighted by Gasteiger charge is -2.17. The zero-order chi connectivity index (χ0) is 28.0. The number of benzene rings is 2. The van der Waals surface area contributed by atoms with Crippen molar-refractivity contribution in [3.8, 4) is 17.1 Å². The number of methoxy groups -OCH3 is 1. The molecule has 0 fully saturated rings. The van der Waals surface area contributed by atoms with Crippen LogP contribution in [0.15, 0.2) is 65.1 Å². The zero-order valence-corrected chi connectivity index (χ0v) is 22.2. The Hall–Kier alpha value is -4.15. The molecular weight excluding hydrogens is 502 g/mol. The lowest BCUT2D eigenvalue weighted by molar-refractivity contribution is -0.126. The van der Waals surface area contributed by atoms with Crippen LogP contribution in [0.1, 0.15) is 59.1 Å². The molecule has 1 atom stereocenters. The molecule has 3 aromatic rings. The van der Waals surface area contributed by atoms with Crippen molar-refractivity contribution in [3.63, 3.8) is 0 Å². The predicted molar refractivity (Wildman–Crippen MR) is 145 cm³/mol. The maximum absolute atomic E-state index is 12.8. The topological polar surface area (TPSA) is 139 Å². The minimum atomic E-state index is -1.11. The second-order valence-corrected chi connectivity index (χ2v) is 8.96. The minimum absolute atomic E-state index is 0.0226. The normalized spacial score (nSPS) is 11.5. The highest BCUT2D eigenvalue weighted by atomic mass is 16.6. The Kier molecular flexibility index (Phi) is 11.5. The van der Waals surface area contributed by atoms with E-state index in [-0.39, 0.29) is 29.8 Å². The second kappa shape index (κ2) is 15.3. The fourth-order valence-electron chi connectivity index (χ4n) is 3.88. The van der Waals surface area contributed by atoms with Gasteiger partial charge < -0.3 is 24.9 Å². The van der Waals surface area contributed by atoms with Gasteiger partial charge in [0, 0.05) is 12.1 Å². The van der Waals surface area contributed by atoms with Crippen LogP contribution < -0.4 is 20.9 Å². The van der Waals surface area contributed by atoms with Gasteiger partial charge in [-0.3, -0.25) is 14.4 Å². The van der Waals surface area contributed by atoms with Crippen LogP contribution in [0.2, 0.25) is 0 Å². The van der Waals surface area contributed by atoms with Crippen LogP contribution in [0.4, 0.5) is 0 Å². The fourth-order valence-corrected chi connectivity index (χ4v) is 3.88. The summed E-state index contributed by atoms with van der Waals surface area (Å²) in [4.78, 5) is 42.3. The van der Waals surface area contributed by atoms with E-state index < -0.39 is 11.9 Å². The molecule has 1 aromatic heterocycles. The Morgan fingerprint density at radius 1 is 1.00 bits per heavy atom. The Bertz CT molecular complexity index is 1230. The Morgan fingerprint density at radius 2 is 1.79 bits per heavy atom. The smallest absolute Gasteiger partial charge is 0.335 e. The van der Waals surface area contributed by atoms with Crippen LogP contribution in [0, 0.1) is 5.92 Å². The number of nitrogens with one attached hydrogen (secondary N) is 3. The molecule has 4 N–H and O–H groups in total. The molecule has 10 heteroatoms. The number of furan rings is 1. The average molecular weight is 538 g/mol. The molecule has 0 radical (unpaired) electrons. The van der Waals surface area contributed by atoms with Gasteiger partial charge in [-0.15, -0.1) is 0 Å². The molecule has 0 unspecified atom stereocenters. The Labute approximate surface area is 227 Å². The molecule has 0 aliphatic carbocycles. The summed E-state index contributed by atoms with van der Waals surface area (Å²) in [6.07, 6.45) is 3.66. The fraction of sp³-hybridized carbons (Fsp3) is 0.345. The van der Waals surface area contributed by atoms with Gasteiger partial charge in [0.25, 0.3) is 5.91 Å². The molecule has 0 spiro atoms. The second-order valence-electron chi connectivity index (χ2n) is 8.96. The van der Waals surface area contributed by atoms with Crippen LogP contribution >= 0.6 is 0 Å². The number of aromatic carboxylic acids is 1. The number of carboxylic acid groups (broad SMARTS) is 1. The minimum Gasteiger partial charge on any atom is -0.497 e. The van der Waals surface area contributed by atoms with E-state index >= 15 is 0 Å². The number of unbranched alkanes of at least 4 members (excludes halogenated alkanes) is 2. The van der Waals surface area contributed by atoms with E-state index in [1.165, 1.54) is 25.3 Å². The van der Waals surface area contributed by atoms with E-state index in [9.17, 15) is 19.5 Å². The number of carbonyl (C=O) groups is 3. The van der Waals surface area contributed by atoms with Gasteiger partial charge in [0.2, 0.25) is 5.91 Å². The van der Waals surface area contributed by atoms with Crippen LogP contribution in [0.5, 0.6) is 5.75 Å². The SMILES string of the molecule is CCCCC[C@H](CNOCc1ccccc1)C(=O)NCNC(=O)c1ccc(-c2cc(OC)cc(C(=O)O)c2)o1. The summed E-state index contributed by atoms with van der Waals surface area (Å²) in [5.41, 5.74) is 4.40. The van der Waals surface area contributed by atoms with Crippen LogP contribution in [0.3, 0.4) is 0 Å². The van der Waals surface area contributed by atoms with Gasteiger partial charge in [0.15, 0.2) is 5.76 Å². The van der Waals surface area contributed by atoms with E-state index in [0.29, 0.717) is 36.6 Å². The number of ether oxygens (including phenoxy) is 1. The van der Waals surface area contributed by atoms with E-state index in [1.54, 1.807) is 12.1 Å². The summed E-state index contributed by atoms with van der Waals surface area (Å²) >= 11 is 0. The summed E-state index contributed by atoms with van der Waals surface area (Å²) in [5, 5.41) is 14.7.